The Morgan fingerprint density at radius 2 is 2.09 bits per heavy atom. The zero-order valence-corrected chi connectivity index (χ0v) is 19.3. The molecule has 0 bridgehead atoms. The van der Waals surface area contributed by atoms with E-state index in [2.05, 4.69) is 38.5 Å². The first-order valence-electron chi connectivity index (χ1n) is 11.1. The number of carbonyl (C=O) groups excluding carboxylic acids is 1. The molecule has 4 aromatic rings. The van der Waals surface area contributed by atoms with Gasteiger partial charge in [0.15, 0.2) is 11.5 Å². The van der Waals surface area contributed by atoms with Crippen LogP contribution < -0.4 is 5.73 Å². The van der Waals surface area contributed by atoms with Crippen LogP contribution in [0.4, 0.5) is 14.6 Å². The van der Waals surface area contributed by atoms with Crippen LogP contribution in [0.5, 0.6) is 0 Å². The van der Waals surface area contributed by atoms with Gasteiger partial charge in [-0.05, 0) is 37.3 Å². The number of thiazole rings is 1. The predicted molar refractivity (Wildman–Crippen MR) is 128 cm³/mol. The van der Waals surface area contributed by atoms with E-state index in [1.807, 2.05) is 0 Å². The lowest BCUT2D eigenvalue weighted by Crippen LogP contribution is -2.27. The molecular formula is C24H19F2N7OS. The number of benzene rings is 1. The molecule has 4 heterocycles. The van der Waals surface area contributed by atoms with E-state index >= 15 is 4.39 Å². The molecule has 1 aliphatic heterocycles. The average Bonchev–Trinajstić information content (AvgIpc) is 3.26. The summed E-state index contributed by atoms with van der Waals surface area (Å²) in [4.78, 5) is 26.4. The number of hydrogen-bond donors (Lipinski definition) is 1. The Balaban J connectivity index is 1.42. The molecule has 2 fully saturated rings. The van der Waals surface area contributed by atoms with Crippen molar-refractivity contribution in [2.24, 2.45) is 0 Å². The third-order valence-electron chi connectivity index (χ3n) is 6.34. The molecule has 2 aliphatic rings. The second-order valence-corrected chi connectivity index (χ2v) is 9.71. The highest BCUT2D eigenvalue weighted by molar-refractivity contribution is 7.18. The summed E-state index contributed by atoms with van der Waals surface area (Å²) in [7, 11) is 0. The smallest absolute Gasteiger partial charge is 0.246 e. The Hall–Kier alpha value is -3.91. The van der Waals surface area contributed by atoms with Crippen molar-refractivity contribution in [3.63, 3.8) is 0 Å². The maximum Gasteiger partial charge on any atom is 0.246 e. The van der Waals surface area contributed by atoms with E-state index in [0.717, 1.165) is 17.8 Å². The van der Waals surface area contributed by atoms with Gasteiger partial charge in [-0.2, -0.15) is 5.10 Å². The molecular weight excluding hydrogens is 472 g/mol. The van der Waals surface area contributed by atoms with Gasteiger partial charge in [0.05, 0.1) is 26.7 Å². The molecule has 176 valence electrons. The van der Waals surface area contributed by atoms with E-state index in [4.69, 9.17) is 5.73 Å². The summed E-state index contributed by atoms with van der Waals surface area (Å²) in [5.74, 6) is 4.19. The lowest BCUT2D eigenvalue weighted by atomic mass is 10.1. The molecule has 35 heavy (non-hydrogen) atoms. The number of carbonyl (C=O) groups is 1. The van der Waals surface area contributed by atoms with Gasteiger partial charge < -0.3 is 10.6 Å². The zero-order chi connectivity index (χ0) is 24.3. The molecule has 1 atom stereocenters. The van der Waals surface area contributed by atoms with Crippen molar-refractivity contribution in [2.75, 3.05) is 18.8 Å². The Morgan fingerprint density at radius 1 is 1.26 bits per heavy atom. The van der Waals surface area contributed by atoms with Crippen molar-refractivity contribution in [2.45, 2.75) is 31.2 Å². The van der Waals surface area contributed by atoms with Gasteiger partial charge in [-0.25, -0.2) is 28.4 Å². The third-order valence-corrected chi connectivity index (χ3v) is 7.50. The molecule has 1 saturated heterocycles. The van der Waals surface area contributed by atoms with Crippen LogP contribution in [0.3, 0.4) is 0 Å². The molecule has 11 heteroatoms. The third kappa shape index (κ3) is 3.61. The summed E-state index contributed by atoms with van der Waals surface area (Å²) in [5, 5.41) is 5.80. The molecule has 1 unspecified atom stereocenters. The Labute approximate surface area is 202 Å². The molecule has 1 saturated carbocycles. The largest absolute Gasteiger partial charge is 0.383 e. The van der Waals surface area contributed by atoms with Crippen LogP contribution in [0.15, 0.2) is 25.0 Å². The molecule has 2 N–H and O–H groups in total. The molecule has 8 nitrogen and oxygen atoms in total. The SMILES string of the molecule is C=CC(=O)N1CCC(n2nc(C#Cc3c(F)cc4sc(C5CC5)nc4c3F)c3c(N)ncnc32)C1. The van der Waals surface area contributed by atoms with Crippen molar-refractivity contribution in [1.29, 1.82) is 0 Å². The zero-order valence-electron chi connectivity index (χ0n) is 18.5. The van der Waals surface area contributed by atoms with Crippen LogP contribution in [-0.2, 0) is 4.79 Å². The number of nitrogens with zero attached hydrogens (tertiary/aromatic N) is 6. The predicted octanol–water partition coefficient (Wildman–Crippen LogP) is 3.53. The second-order valence-electron chi connectivity index (χ2n) is 8.65. The number of halogens is 2. The average molecular weight is 492 g/mol. The van der Waals surface area contributed by atoms with E-state index in [1.54, 1.807) is 9.58 Å². The van der Waals surface area contributed by atoms with Crippen molar-refractivity contribution in [3.05, 3.63) is 52.9 Å². The topological polar surface area (TPSA) is 103 Å². The normalized spacial score (nSPS) is 17.7. The maximum absolute atomic E-state index is 15.2. The van der Waals surface area contributed by atoms with Crippen molar-refractivity contribution < 1.29 is 13.6 Å². The first-order chi connectivity index (χ1) is 16.9. The Bertz CT molecular complexity index is 1590. The Morgan fingerprint density at radius 3 is 2.86 bits per heavy atom. The van der Waals surface area contributed by atoms with Gasteiger partial charge in [-0.15, -0.1) is 11.3 Å². The number of likely N-dealkylation sites (tertiary alicyclic amines) is 1. The van der Waals surface area contributed by atoms with Crippen LogP contribution in [0.1, 0.15) is 47.5 Å². The van der Waals surface area contributed by atoms with Crippen molar-refractivity contribution in [1.82, 2.24) is 29.6 Å². The number of nitrogens with two attached hydrogens (primary N) is 1. The fraction of sp³-hybridized carbons (Fsp3) is 0.292. The van der Waals surface area contributed by atoms with Gasteiger partial charge in [0.1, 0.15) is 29.2 Å². The van der Waals surface area contributed by atoms with Crippen LogP contribution in [0.2, 0.25) is 0 Å². The molecule has 1 amide bonds. The summed E-state index contributed by atoms with van der Waals surface area (Å²) in [5.41, 5.74) is 6.53. The number of aromatic nitrogens is 5. The Kier molecular flexibility index (Phi) is 5.00. The number of rotatable bonds is 3. The summed E-state index contributed by atoms with van der Waals surface area (Å²) < 4.78 is 32.2. The van der Waals surface area contributed by atoms with Crippen molar-refractivity contribution >= 4 is 44.3 Å². The number of amides is 1. The van der Waals surface area contributed by atoms with E-state index in [1.165, 1.54) is 29.8 Å². The van der Waals surface area contributed by atoms with Crippen LogP contribution in [0.25, 0.3) is 21.3 Å². The van der Waals surface area contributed by atoms with E-state index in [0.29, 0.717) is 41.2 Å². The first-order valence-corrected chi connectivity index (χ1v) is 12.0. The van der Waals surface area contributed by atoms with E-state index < -0.39 is 11.6 Å². The van der Waals surface area contributed by atoms with Gasteiger partial charge in [-0.1, -0.05) is 12.5 Å². The summed E-state index contributed by atoms with van der Waals surface area (Å²) in [6, 6.07) is 1.12. The highest BCUT2D eigenvalue weighted by Gasteiger charge is 2.30. The van der Waals surface area contributed by atoms with E-state index in [-0.39, 0.29) is 34.5 Å². The highest BCUT2D eigenvalue weighted by atomic mass is 32.1. The number of fused-ring (bicyclic) bond motifs is 2. The summed E-state index contributed by atoms with van der Waals surface area (Å²) >= 11 is 1.32. The lowest BCUT2D eigenvalue weighted by Gasteiger charge is -2.14. The van der Waals surface area contributed by atoms with E-state index in [9.17, 15) is 9.18 Å². The summed E-state index contributed by atoms with van der Waals surface area (Å²) in [6.45, 7) is 4.50. The number of nitrogen functional groups attached to an aromatic ring is 1. The fourth-order valence-electron chi connectivity index (χ4n) is 4.36. The quantitative estimate of drug-likeness (QED) is 0.347. The fourth-order valence-corrected chi connectivity index (χ4v) is 5.52. The molecule has 0 radical (unpaired) electrons. The second kappa shape index (κ2) is 8.09. The molecule has 6 rings (SSSR count). The minimum absolute atomic E-state index is 0.138. The van der Waals surface area contributed by atoms with Crippen LogP contribution in [-0.4, -0.2) is 48.6 Å². The number of anilines is 1. The number of hydrogen-bond acceptors (Lipinski definition) is 7. The van der Waals surface area contributed by atoms with Gasteiger partial charge in [0.25, 0.3) is 0 Å². The monoisotopic (exact) mass is 491 g/mol. The molecule has 3 aromatic heterocycles. The minimum Gasteiger partial charge on any atom is -0.383 e. The molecule has 0 spiro atoms. The maximum atomic E-state index is 15.2. The molecule has 1 aromatic carbocycles. The van der Waals surface area contributed by atoms with Gasteiger partial charge >= 0.3 is 0 Å². The van der Waals surface area contributed by atoms with Crippen LogP contribution >= 0.6 is 11.3 Å². The summed E-state index contributed by atoms with van der Waals surface area (Å²) in [6.07, 6.45) is 5.30. The first kappa shape index (κ1) is 21.6. The van der Waals surface area contributed by atoms with Gasteiger partial charge in [-0.3, -0.25) is 4.79 Å². The molecule has 1 aliphatic carbocycles. The minimum atomic E-state index is -0.780. The van der Waals surface area contributed by atoms with Crippen molar-refractivity contribution in [3.8, 4) is 11.8 Å². The lowest BCUT2D eigenvalue weighted by molar-refractivity contribution is -0.125. The standard InChI is InChI=1S/C24H19F2N7OS/c1-2-18(34)32-8-7-13(10-32)33-23-19(22(27)28-11-29-23)16(31-33)6-5-14-15(25)9-17-21(20(14)26)30-24(35-17)12-3-4-12/h2,9,11-13H,1,3-4,7-8,10H2,(H2,27,28,29). The van der Waals surface area contributed by atoms with Crippen LogP contribution in [0, 0.1) is 23.5 Å². The van der Waals surface area contributed by atoms with Gasteiger partial charge in [0.2, 0.25) is 5.91 Å². The highest BCUT2D eigenvalue weighted by Crippen LogP contribution is 2.44. The van der Waals surface area contributed by atoms with Gasteiger partial charge in [0, 0.05) is 19.0 Å².